The molecule has 0 aromatic heterocycles. The topological polar surface area (TPSA) is 29.3 Å². The third-order valence-electron chi connectivity index (χ3n) is 4.71. The molecule has 1 saturated carbocycles. The summed E-state index contributed by atoms with van der Waals surface area (Å²) < 4.78 is 0. The number of fused-ring (bicyclic) bond motifs is 1. The Balaban J connectivity index is 1.70. The molecule has 1 fully saturated rings. The largest absolute Gasteiger partial charge is 0.326 e. The average Bonchev–Trinajstić information content (AvgIpc) is 2.62. The van der Waals surface area contributed by atoms with Gasteiger partial charge in [-0.25, -0.2) is 0 Å². The highest BCUT2D eigenvalue weighted by atomic mass is 15.2. The number of benzene rings is 1. The lowest BCUT2D eigenvalue weighted by atomic mass is 9.89. The zero-order chi connectivity index (χ0) is 12.4. The van der Waals surface area contributed by atoms with E-state index in [9.17, 15) is 0 Å². The highest BCUT2D eigenvalue weighted by Crippen LogP contribution is 2.24. The van der Waals surface area contributed by atoms with Crippen molar-refractivity contribution in [2.24, 2.45) is 5.73 Å². The molecule has 0 unspecified atom stereocenters. The lowest BCUT2D eigenvalue weighted by Gasteiger charge is -2.37. The Morgan fingerprint density at radius 2 is 1.56 bits per heavy atom. The van der Waals surface area contributed by atoms with Crippen molar-refractivity contribution >= 4 is 0 Å². The minimum Gasteiger partial charge on any atom is -0.326 e. The molecule has 0 radical (unpaired) electrons. The quantitative estimate of drug-likeness (QED) is 0.821. The van der Waals surface area contributed by atoms with Crippen LogP contribution in [-0.2, 0) is 12.8 Å². The minimum absolute atomic E-state index is 0.403. The van der Waals surface area contributed by atoms with Gasteiger partial charge < -0.3 is 5.73 Å². The standard InChI is InChI=1S/C16H24N2/c17-15-7-3-4-8-16(15)18-11-9-13-5-1-2-6-14(13)10-12-18/h1-2,5-6,15-16H,3-4,7-12,17H2/t15-,16-/m1/s1. The number of nitrogens with zero attached hydrogens (tertiary/aromatic N) is 1. The molecule has 1 aliphatic carbocycles. The predicted molar refractivity (Wildman–Crippen MR) is 75.7 cm³/mol. The van der Waals surface area contributed by atoms with Crippen LogP contribution in [0.3, 0.4) is 0 Å². The van der Waals surface area contributed by atoms with E-state index in [-0.39, 0.29) is 0 Å². The Morgan fingerprint density at radius 1 is 0.944 bits per heavy atom. The fourth-order valence-corrected chi connectivity index (χ4v) is 3.61. The fraction of sp³-hybridized carbons (Fsp3) is 0.625. The second-order valence-electron chi connectivity index (χ2n) is 5.82. The maximum atomic E-state index is 6.32. The van der Waals surface area contributed by atoms with E-state index >= 15 is 0 Å². The normalized spacial score (nSPS) is 29.6. The van der Waals surface area contributed by atoms with E-state index in [1.54, 1.807) is 11.1 Å². The van der Waals surface area contributed by atoms with Crippen molar-refractivity contribution in [2.45, 2.75) is 50.6 Å². The number of rotatable bonds is 1. The highest BCUT2D eigenvalue weighted by molar-refractivity contribution is 5.28. The van der Waals surface area contributed by atoms with E-state index in [1.165, 1.54) is 51.6 Å². The third-order valence-corrected chi connectivity index (χ3v) is 4.71. The molecule has 1 aliphatic heterocycles. The SMILES string of the molecule is N[C@@H]1CCCC[C@H]1N1CCc2ccccc2CC1. The van der Waals surface area contributed by atoms with Crippen molar-refractivity contribution < 1.29 is 0 Å². The van der Waals surface area contributed by atoms with Gasteiger partial charge in [0.15, 0.2) is 0 Å². The van der Waals surface area contributed by atoms with Gasteiger partial charge in [-0.2, -0.15) is 0 Å². The monoisotopic (exact) mass is 244 g/mol. The van der Waals surface area contributed by atoms with Crippen molar-refractivity contribution in [3.05, 3.63) is 35.4 Å². The molecule has 18 heavy (non-hydrogen) atoms. The van der Waals surface area contributed by atoms with E-state index in [0.717, 1.165) is 0 Å². The van der Waals surface area contributed by atoms with Gasteiger partial charge in [-0.3, -0.25) is 4.90 Å². The van der Waals surface area contributed by atoms with Gasteiger partial charge in [0.1, 0.15) is 0 Å². The number of hydrogen-bond donors (Lipinski definition) is 1. The lowest BCUT2D eigenvalue weighted by Crippen LogP contribution is -2.50. The minimum atomic E-state index is 0.403. The Kier molecular flexibility index (Phi) is 3.67. The molecule has 2 atom stereocenters. The van der Waals surface area contributed by atoms with Gasteiger partial charge in [0.2, 0.25) is 0 Å². The summed E-state index contributed by atoms with van der Waals surface area (Å²) in [6.45, 7) is 2.38. The van der Waals surface area contributed by atoms with Crippen LogP contribution in [0.4, 0.5) is 0 Å². The summed E-state index contributed by atoms with van der Waals surface area (Å²) in [7, 11) is 0. The fourth-order valence-electron chi connectivity index (χ4n) is 3.61. The number of nitrogens with two attached hydrogens (primary N) is 1. The molecule has 1 heterocycles. The smallest absolute Gasteiger partial charge is 0.0247 e. The van der Waals surface area contributed by atoms with Gasteiger partial charge in [-0.15, -0.1) is 0 Å². The van der Waals surface area contributed by atoms with Crippen LogP contribution in [0.2, 0.25) is 0 Å². The number of hydrogen-bond acceptors (Lipinski definition) is 2. The molecule has 3 rings (SSSR count). The summed E-state index contributed by atoms with van der Waals surface area (Å²) >= 11 is 0. The second kappa shape index (κ2) is 5.41. The first-order valence-corrected chi connectivity index (χ1v) is 7.41. The van der Waals surface area contributed by atoms with Crippen molar-refractivity contribution in [1.29, 1.82) is 0 Å². The van der Waals surface area contributed by atoms with Gasteiger partial charge in [-0.1, -0.05) is 37.1 Å². The molecule has 98 valence electrons. The molecular formula is C16H24N2. The lowest BCUT2D eigenvalue weighted by molar-refractivity contribution is 0.143. The third kappa shape index (κ3) is 2.45. The van der Waals surface area contributed by atoms with Crippen LogP contribution in [0.15, 0.2) is 24.3 Å². The van der Waals surface area contributed by atoms with Gasteiger partial charge in [0, 0.05) is 25.2 Å². The second-order valence-corrected chi connectivity index (χ2v) is 5.82. The molecular weight excluding hydrogens is 220 g/mol. The zero-order valence-corrected chi connectivity index (χ0v) is 11.1. The molecule has 2 N–H and O–H groups in total. The van der Waals surface area contributed by atoms with Gasteiger partial charge in [0.25, 0.3) is 0 Å². The Labute approximate surface area is 110 Å². The van der Waals surface area contributed by atoms with Crippen LogP contribution in [-0.4, -0.2) is 30.1 Å². The summed E-state index contributed by atoms with van der Waals surface area (Å²) in [5, 5.41) is 0. The van der Waals surface area contributed by atoms with E-state index in [2.05, 4.69) is 29.2 Å². The molecule has 2 nitrogen and oxygen atoms in total. The van der Waals surface area contributed by atoms with Crippen LogP contribution in [0, 0.1) is 0 Å². The molecule has 2 aliphatic rings. The summed E-state index contributed by atoms with van der Waals surface area (Å²) in [6, 6.07) is 9.95. The predicted octanol–water partition coefficient (Wildman–Crippen LogP) is 2.36. The van der Waals surface area contributed by atoms with E-state index in [4.69, 9.17) is 5.73 Å². The van der Waals surface area contributed by atoms with Gasteiger partial charge >= 0.3 is 0 Å². The van der Waals surface area contributed by atoms with Crippen molar-refractivity contribution in [3.8, 4) is 0 Å². The Hall–Kier alpha value is -0.860. The molecule has 1 aromatic carbocycles. The van der Waals surface area contributed by atoms with Crippen molar-refractivity contribution in [2.75, 3.05) is 13.1 Å². The first-order chi connectivity index (χ1) is 8.84. The van der Waals surface area contributed by atoms with Crippen LogP contribution in [0.25, 0.3) is 0 Å². The van der Waals surface area contributed by atoms with Crippen molar-refractivity contribution in [3.63, 3.8) is 0 Å². The van der Waals surface area contributed by atoms with Crippen LogP contribution < -0.4 is 5.73 Å². The Morgan fingerprint density at radius 3 is 2.17 bits per heavy atom. The molecule has 0 amide bonds. The summed E-state index contributed by atoms with van der Waals surface area (Å²) in [4.78, 5) is 2.66. The first kappa shape index (κ1) is 12.2. The zero-order valence-electron chi connectivity index (χ0n) is 11.1. The molecule has 0 spiro atoms. The van der Waals surface area contributed by atoms with Crippen LogP contribution in [0.1, 0.15) is 36.8 Å². The van der Waals surface area contributed by atoms with Crippen LogP contribution >= 0.6 is 0 Å². The first-order valence-electron chi connectivity index (χ1n) is 7.41. The average molecular weight is 244 g/mol. The summed E-state index contributed by atoms with van der Waals surface area (Å²) in [6.07, 6.45) is 7.60. The van der Waals surface area contributed by atoms with Crippen LogP contribution in [0.5, 0.6) is 0 Å². The van der Waals surface area contributed by atoms with Crippen molar-refractivity contribution in [1.82, 2.24) is 4.90 Å². The maximum Gasteiger partial charge on any atom is 0.0247 e. The Bertz CT molecular complexity index is 375. The molecule has 0 saturated heterocycles. The van der Waals surface area contributed by atoms with E-state index < -0.39 is 0 Å². The van der Waals surface area contributed by atoms with Gasteiger partial charge in [-0.05, 0) is 36.8 Å². The molecule has 2 heteroatoms. The molecule has 1 aromatic rings. The highest BCUT2D eigenvalue weighted by Gasteiger charge is 2.28. The summed E-state index contributed by atoms with van der Waals surface area (Å²) in [5.74, 6) is 0. The maximum absolute atomic E-state index is 6.32. The molecule has 0 bridgehead atoms. The van der Waals surface area contributed by atoms with Gasteiger partial charge in [0.05, 0.1) is 0 Å². The van der Waals surface area contributed by atoms with E-state index in [0.29, 0.717) is 12.1 Å². The van der Waals surface area contributed by atoms with E-state index in [1.807, 2.05) is 0 Å². The summed E-state index contributed by atoms with van der Waals surface area (Å²) in [5.41, 5.74) is 9.42.